The van der Waals surface area contributed by atoms with Crippen molar-refractivity contribution >= 4 is 39.5 Å². The van der Waals surface area contributed by atoms with Gasteiger partial charge in [-0.05, 0) is 91.8 Å². The number of H-pyrrole nitrogens is 1. The number of thiophene rings is 2. The van der Waals surface area contributed by atoms with Gasteiger partial charge in [0.25, 0.3) is 0 Å². The molecule has 2 aromatic carbocycles. The van der Waals surface area contributed by atoms with Crippen molar-refractivity contribution in [2.75, 3.05) is 20.1 Å². The summed E-state index contributed by atoms with van der Waals surface area (Å²) in [6, 6.07) is 21.5. The Kier molecular flexibility index (Phi) is 14.3. The minimum atomic E-state index is -1.78. The highest BCUT2D eigenvalue weighted by atomic mass is 32.1. The molecule has 6 aromatic rings. The summed E-state index contributed by atoms with van der Waals surface area (Å²) in [5.41, 5.74) is 0.673. The number of halogens is 2. The maximum absolute atomic E-state index is 13.4. The smallest absolute Gasteiger partial charge is 0.349 e. The van der Waals surface area contributed by atoms with Gasteiger partial charge in [-0.25, -0.2) is 4.79 Å². The van der Waals surface area contributed by atoms with Crippen LogP contribution < -0.4 is 10.9 Å². The van der Waals surface area contributed by atoms with Crippen LogP contribution in [0.25, 0.3) is 22.3 Å². The number of aromatic hydroxyl groups is 1. The van der Waals surface area contributed by atoms with Gasteiger partial charge in [-0.1, -0.05) is 47.6 Å². The van der Waals surface area contributed by atoms with Crippen LogP contribution in [0.15, 0.2) is 92.9 Å². The molecule has 1 atom stereocenters. The summed E-state index contributed by atoms with van der Waals surface area (Å²) < 4.78 is 11.5. The molecule has 298 valence electrons. The summed E-state index contributed by atoms with van der Waals surface area (Å²) in [5.74, 6) is 0.468. The van der Waals surface area contributed by atoms with Crippen molar-refractivity contribution in [2.45, 2.75) is 68.9 Å². The molecule has 16 heteroatoms. The van der Waals surface area contributed by atoms with Crippen molar-refractivity contribution in [3.05, 3.63) is 121 Å². The van der Waals surface area contributed by atoms with Crippen molar-refractivity contribution < 1.29 is 38.8 Å². The van der Waals surface area contributed by atoms with E-state index in [0.29, 0.717) is 56.9 Å². The third-order valence-electron chi connectivity index (χ3n) is 10.1. The summed E-state index contributed by atoms with van der Waals surface area (Å²) >= 11 is 2.69. The molecular formula is C40H45F2N5O7S2. The van der Waals surface area contributed by atoms with Crippen molar-refractivity contribution in [3.8, 4) is 17.1 Å². The molecule has 4 heterocycles. The third-order valence-corrected chi connectivity index (χ3v) is 12.1. The molecule has 0 amide bonds. The normalized spacial score (nSPS) is 16.3. The number of aromatic amines is 1. The number of esters is 1. The van der Waals surface area contributed by atoms with Gasteiger partial charge < -0.3 is 39.8 Å². The molecule has 1 saturated carbocycles. The van der Waals surface area contributed by atoms with Gasteiger partial charge in [0, 0.05) is 42.6 Å². The lowest BCUT2D eigenvalue weighted by atomic mass is 9.91. The second kappa shape index (κ2) is 18.9. The van der Waals surface area contributed by atoms with Crippen LogP contribution in [-0.2, 0) is 28.1 Å². The van der Waals surface area contributed by atoms with Crippen molar-refractivity contribution in [3.63, 3.8) is 0 Å². The first-order valence-corrected chi connectivity index (χ1v) is 19.8. The van der Waals surface area contributed by atoms with E-state index in [2.05, 4.69) is 32.4 Å². The fourth-order valence-electron chi connectivity index (χ4n) is 7.05. The predicted molar refractivity (Wildman–Crippen MR) is 212 cm³/mol. The number of nitrogens with zero attached hydrogens (tertiary/aromatic N) is 3. The number of fused-ring (bicyclic) bond motifs is 1. The Morgan fingerprint density at radius 1 is 1.02 bits per heavy atom. The van der Waals surface area contributed by atoms with E-state index in [9.17, 15) is 24.9 Å². The zero-order chi connectivity index (χ0) is 37.7. The predicted octanol–water partition coefficient (Wildman–Crippen LogP) is 6.19. The molecule has 1 aliphatic rings. The van der Waals surface area contributed by atoms with E-state index >= 15 is 0 Å². The van der Waals surface area contributed by atoms with E-state index < -0.39 is 17.7 Å². The maximum atomic E-state index is 13.4. The molecule has 4 aromatic heterocycles. The Bertz CT molecular complexity index is 2170. The zero-order valence-corrected chi connectivity index (χ0v) is 32.3. The number of aryl methyl sites for hydroxylation is 1. The van der Waals surface area contributed by atoms with E-state index in [1.807, 2.05) is 47.2 Å². The van der Waals surface area contributed by atoms with Gasteiger partial charge in [0.2, 0.25) is 22.9 Å². The van der Waals surface area contributed by atoms with Crippen molar-refractivity contribution in [1.29, 1.82) is 0 Å². The Labute approximate surface area is 329 Å². The summed E-state index contributed by atoms with van der Waals surface area (Å²) in [5, 5.41) is 44.3. The lowest BCUT2D eigenvalue weighted by molar-refractivity contribution is -0.169. The fourth-order valence-corrected chi connectivity index (χ4v) is 8.77. The van der Waals surface area contributed by atoms with Crippen LogP contribution in [0.4, 0.5) is 9.41 Å². The Morgan fingerprint density at radius 2 is 1.71 bits per heavy atom. The molecule has 1 fully saturated rings. The number of phenolic OH excluding ortho intramolecular Hbond substituents is 1. The first kappa shape index (κ1) is 42.3. The molecule has 7 rings (SSSR count). The van der Waals surface area contributed by atoms with E-state index in [1.165, 1.54) is 34.8 Å². The van der Waals surface area contributed by atoms with E-state index in [4.69, 9.17) is 9.26 Å². The first-order valence-electron chi connectivity index (χ1n) is 18.1. The second-order valence-electron chi connectivity index (χ2n) is 13.7. The number of hydrogen-bond donors (Lipinski definition) is 5. The first-order chi connectivity index (χ1) is 26.2. The number of hydrogen-bond acceptors (Lipinski definition) is 13. The number of aliphatic hydroxyl groups is 2. The molecule has 0 spiro atoms. The van der Waals surface area contributed by atoms with Crippen LogP contribution in [0.3, 0.4) is 0 Å². The van der Waals surface area contributed by atoms with Crippen LogP contribution in [0.1, 0.15) is 65.0 Å². The number of carbonyl (C=O) groups is 1. The fraction of sp³-hybridized carbons (Fsp3) is 0.350. The summed E-state index contributed by atoms with van der Waals surface area (Å²) in [7, 11) is 2.12. The Hall–Kier alpha value is -4.84. The number of rotatable bonds is 15. The van der Waals surface area contributed by atoms with Gasteiger partial charge in [-0.3, -0.25) is 14.2 Å². The summed E-state index contributed by atoms with van der Waals surface area (Å²) in [6.45, 7) is 1.66. The SMILES string of the molecule is CN(CCCc1nc(-c2ccc(CNC[C@H](O)c3ccc(O)c4[nH]c(=O)ccc34)cc2)no1)C1CCC(OC(=O)C(O)(c2cccs2)c2cccs2)CC1.F.F. The van der Waals surface area contributed by atoms with Crippen molar-refractivity contribution in [1.82, 2.24) is 25.3 Å². The number of nitrogens with one attached hydrogen (secondary N) is 2. The lowest BCUT2D eigenvalue weighted by Gasteiger charge is -2.35. The van der Waals surface area contributed by atoms with Crippen LogP contribution in [-0.4, -0.2) is 73.6 Å². The van der Waals surface area contributed by atoms with Gasteiger partial charge in [0.15, 0.2) is 0 Å². The maximum Gasteiger partial charge on any atom is 0.349 e. The highest BCUT2D eigenvalue weighted by Gasteiger charge is 2.45. The number of pyridine rings is 1. The zero-order valence-electron chi connectivity index (χ0n) is 30.6. The molecule has 0 radical (unpaired) electrons. The Morgan fingerprint density at radius 3 is 2.38 bits per heavy atom. The molecular weight excluding hydrogens is 765 g/mol. The topological polar surface area (TPSA) is 174 Å². The molecule has 5 N–H and O–H groups in total. The number of carbonyl (C=O) groups excluding carboxylic acids is 1. The molecule has 12 nitrogen and oxygen atoms in total. The molecule has 1 aliphatic carbocycles. The second-order valence-corrected chi connectivity index (χ2v) is 15.6. The molecule has 0 aliphatic heterocycles. The van der Waals surface area contributed by atoms with Gasteiger partial charge in [0.05, 0.1) is 21.4 Å². The Balaban J connectivity index is 0.00000300. The number of benzene rings is 2. The summed E-state index contributed by atoms with van der Waals surface area (Å²) in [4.78, 5) is 35.8. The highest BCUT2D eigenvalue weighted by molar-refractivity contribution is 7.12. The number of ether oxygens (including phenoxy) is 1. The highest BCUT2D eigenvalue weighted by Crippen LogP contribution is 2.38. The minimum Gasteiger partial charge on any atom is -0.506 e. The van der Waals surface area contributed by atoms with Crippen LogP contribution in [0.5, 0.6) is 5.75 Å². The van der Waals surface area contributed by atoms with Gasteiger partial charge in [-0.2, -0.15) is 4.98 Å². The molecule has 56 heavy (non-hydrogen) atoms. The minimum absolute atomic E-state index is 0. The van der Waals surface area contributed by atoms with E-state index in [1.54, 1.807) is 24.3 Å². The average molecular weight is 810 g/mol. The van der Waals surface area contributed by atoms with E-state index in [-0.39, 0.29) is 33.4 Å². The van der Waals surface area contributed by atoms with Gasteiger partial charge in [-0.15, -0.1) is 22.7 Å². The standard InChI is InChI=1S/C40H43N5O7S2.2FH/c1-45(27-12-14-28(15-13-27)51-39(49)40(50,33-5-3-21-53-33)34-6-4-22-54-34)20-2-7-36-43-38(44-52-36)26-10-8-25(9-11-26)23-41-24-32(47)29-16-18-31(46)37-30(29)17-19-35(48)42-37;;/h3-6,8-11,16-19,21-22,27-28,32,41,46-47,50H,2,7,12-15,20,23-24H2,1H3,(H,42,48);2*1H/t27?,28?,32-;;/m0../s1. The molecule has 0 bridgehead atoms. The molecule has 0 saturated heterocycles. The van der Waals surface area contributed by atoms with Crippen molar-refractivity contribution in [2.24, 2.45) is 0 Å². The number of aliphatic hydroxyl groups excluding tert-OH is 1. The lowest BCUT2D eigenvalue weighted by Crippen LogP contribution is -2.42. The van der Waals surface area contributed by atoms with Crippen LogP contribution in [0.2, 0.25) is 0 Å². The molecule has 0 unspecified atom stereocenters. The quantitative estimate of drug-likeness (QED) is 0.0749. The van der Waals surface area contributed by atoms with E-state index in [0.717, 1.165) is 49.8 Å². The van der Waals surface area contributed by atoms with Crippen LogP contribution in [0, 0.1) is 0 Å². The summed E-state index contributed by atoms with van der Waals surface area (Å²) in [6.07, 6.45) is 3.75. The monoisotopic (exact) mass is 809 g/mol. The third kappa shape index (κ3) is 9.40. The number of aromatic nitrogens is 3. The van der Waals surface area contributed by atoms with Gasteiger partial charge in [0.1, 0.15) is 11.9 Å². The average Bonchev–Trinajstić information content (AvgIpc) is 4.00. The van der Waals surface area contributed by atoms with Gasteiger partial charge >= 0.3 is 5.97 Å². The largest absolute Gasteiger partial charge is 0.506 e. The number of phenols is 1. The van der Waals surface area contributed by atoms with Crippen LogP contribution >= 0.6 is 22.7 Å².